The van der Waals surface area contributed by atoms with E-state index in [1.165, 1.54) is 0 Å². The first-order chi connectivity index (χ1) is 6.52. The highest BCUT2D eigenvalue weighted by Crippen LogP contribution is 2.15. The highest BCUT2D eigenvalue weighted by atomic mass is 15.1. The Hall–Kier alpha value is -1.51. The number of benzene rings is 1. The van der Waals surface area contributed by atoms with Crippen LogP contribution in [0.25, 0.3) is 0 Å². The van der Waals surface area contributed by atoms with Crippen LogP contribution in [0.3, 0.4) is 0 Å². The molecular weight excluding hydrogens is 174 g/mol. The Morgan fingerprint density at radius 2 is 1.79 bits per heavy atom. The monoisotopic (exact) mass is 191 g/mol. The number of nitrogens with zero attached hydrogens (tertiary/aromatic N) is 1. The molecule has 1 aromatic carbocycles. The van der Waals surface area contributed by atoms with Gasteiger partial charge in [0.05, 0.1) is 0 Å². The van der Waals surface area contributed by atoms with E-state index in [2.05, 4.69) is 18.7 Å². The van der Waals surface area contributed by atoms with Crippen LogP contribution in [0.5, 0.6) is 0 Å². The summed E-state index contributed by atoms with van der Waals surface area (Å²) in [6.45, 7) is 4.28. The molecule has 3 nitrogen and oxygen atoms in total. The van der Waals surface area contributed by atoms with Gasteiger partial charge < -0.3 is 10.6 Å². The van der Waals surface area contributed by atoms with Gasteiger partial charge in [-0.3, -0.25) is 5.41 Å². The molecule has 1 aromatic rings. The van der Waals surface area contributed by atoms with E-state index in [1.807, 2.05) is 31.3 Å². The minimum atomic E-state index is 0.115. The fourth-order valence-electron chi connectivity index (χ4n) is 1.17. The van der Waals surface area contributed by atoms with Crippen molar-refractivity contribution < 1.29 is 0 Å². The molecule has 1 rings (SSSR count). The number of rotatable bonds is 3. The van der Waals surface area contributed by atoms with Crippen molar-refractivity contribution in [2.24, 2.45) is 5.73 Å². The SMILES string of the molecule is CC(C)N(C)c1ccc(C(=N)N)cc1. The molecule has 0 saturated carbocycles. The van der Waals surface area contributed by atoms with E-state index in [1.54, 1.807) is 0 Å². The van der Waals surface area contributed by atoms with Crippen molar-refractivity contribution in [2.45, 2.75) is 19.9 Å². The number of hydrogen-bond donors (Lipinski definition) is 2. The molecule has 0 aliphatic heterocycles. The van der Waals surface area contributed by atoms with E-state index in [0.717, 1.165) is 11.3 Å². The molecule has 0 amide bonds. The lowest BCUT2D eigenvalue weighted by Gasteiger charge is -2.23. The summed E-state index contributed by atoms with van der Waals surface area (Å²) in [6, 6.07) is 8.18. The second-order valence-corrected chi connectivity index (χ2v) is 3.67. The Kier molecular flexibility index (Phi) is 3.12. The summed E-state index contributed by atoms with van der Waals surface area (Å²) in [7, 11) is 2.05. The average molecular weight is 191 g/mol. The van der Waals surface area contributed by atoms with Crippen molar-refractivity contribution in [3.05, 3.63) is 29.8 Å². The normalized spacial score (nSPS) is 10.3. The van der Waals surface area contributed by atoms with Crippen LogP contribution in [-0.2, 0) is 0 Å². The van der Waals surface area contributed by atoms with E-state index in [-0.39, 0.29) is 5.84 Å². The number of anilines is 1. The Morgan fingerprint density at radius 1 is 1.29 bits per heavy atom. The van der Waals surface area contributed by atoms with Gasteiger partial charge in [-0.2, -0.15) is 0 Å². The van der Waals surface area contributed by atoms with Crippen LogP contribution in [0, 0.1) is 5.41 Å². The first-order valence-corrected chi connectivity index (χ1v) is 4.69. The summed E-state index contributed by atoms with van der Waals surface area (Å²) in [5.74, 6) is 0.115. The van der Waals surface area contributed by atoms with Gasteiger partial charge in [0.1, 0.15) is 5.84 Å². The van der Waals surface area contributed by atoms with E-state index < -0.39 is 0 Å². The zero-order valence-corrected chi connectivity index (χ0v) is 8.91. The van der Waals surface area contributed by atoms with Crippen molar-refractivity contribution >= 4 is 11.5 Å². The number of hydrogen-bond acceptors (Lipinski definition) is 2. The van der Waals surface area contributed by atoms with Crippen molar-refractivity contribution in [3.63, 3.8) is 0 Å². The molecule has 3 N–H and O–H groups in total. The average Bonchev–Trinajstić information content (AvgIpc) is 2.16. The van der Waals surface area contributed by atoms with Gasteiger partial charge in [-0.15, -0.1) is 0 Å². The summed E-state index contributed by atoms with van der Waals surface area (Å²) >= 11 is 0. The number of nitrogen functional groups attached to an aromatic ring is 1. The second kappa shape index (κ2) is 4.13. The van der Waals surface area contributed by atoms with Crippen molar-refractivity contribution in [1.29, 1.82) is 5.41 Å². The summed E-state index contributed by atoms with van der Waals surface area (Å²) in [6.07, 6.45) is 0. The number of nitrogens with two attached hydrogens (primary N) is 1. The van der Waals surface area contributed by atoms with Crippen molar-refractivity contribution in [1.82, 2.24) is 0 Å². The van der Waals surface area contributed by atoms with Crippen LogP contribution < -0.4 is 10.6 Å². The molecule has 3 heteroatoms. The lowest BCUT2D eigenvalue weighted by molar-refractivity contribution is 0.755. The third-order valence-corrected chi connectivity index (χ3v) is 2.36. The standard InChI is InChI=1S/C11H17N3/c1-8(2)14(3)10-6-4-9(5-7-10)11(12)13/h4-8H,1-3H3,(H3,12,13). The molecule has 0 aromatic heterocycles. The van der Waals surface area contributed by atoms with Crippen molar-refractivity contribution in [3.8, 4) is 0 Å². The molecule has 0 aliphatic carbocycles. The second-order valence-electron chi connectivity index (χ2n) is 3.67. The summed E-state index contributed by atoms with van der Waals surface area (Å²) < 4.78 is 0. The largest absolute Gasteiger partial charge is 0.384 e. The maximum absolute atomic E-state index is 7.26. The first kappa shape index (κ1) is 10.6. The van der Waals surface area contributed by atoms with Gasteiger partial charge in [0.25, 0.3) is 0 Å². The molecule has 0 spiro atoms. The predicted molar refractivity (Wildman–Crippen MR) is 61.0 cm³/mol. The summed E-state index contributed by atoms with van der Waals surface area (Å²) in [5.41, 5.74) is 7.28. The maximum Gasteiger partial charge on any atom is 0.122 e. The number of amidine groups is 1. The Balaban J connectivity index is 2.88. The van der Waals surface area contributed by atoms with Crippen LogP contribution in [0.2, 0.25) is 0 Å². The molecular formula is C11H17N3. The highest BCUT2D eigenvalue weighted by Gasteiger charge is 2.04. The fraction of sp³-hybridized carbons (Fsp3) is 0.364. The van der Waals surface area contributed by atoms with Gasteiger partial charge in [-0.05, 0) is 38.1 Å². The van der Waals surface area contributed by atoms with Gasteiger partial charge in [-0.25, -0.2) is 0 Å². The van der Waals surface area contributed by atoms with Gasteiger partial charge in [0, 0.05) is 24.3 Å². The molecule has 0 atom stereocenters. The fourth-order valence-corrected chi connectivity index (χ4v) is 1.17. The summed E-state index contributed by atoms with van der Waals surface area (Å²) in [4.78, 5) is 2.17. The molecule has 0 aliphatic rings. The van der Waals surface area contributed by atoms with Crippen molar-refractivity contribution in [2.75, 3.05) is 11.9 Å². The molecule has 0 bridgehead atoms. The predicted octanol–water partition coefficient (Wildman–Crippen LogP) is 1.82. The quantitative estimate of drug-likeness (QED) is 0.565. The third-order valence-electron chi connectivity index (χ3n) is 2.36. The zero-order valence-electron chi connectivity index (χ0n) is 8.91. The van der Waals surface area contributed by atoms with E-state index >= 15 is 0 Å². The lowest BCUT2D eigenvalue weighted by Crippen LogP contribution is -2.25. The molecule has 14 heavy (non-hydrogen) atoms. The van der Waals surface area contributed by atoms with Gasteiger partial charge >= 0.3 is 0 Å². The Labute approximate surface area is 85.0 Å². The summed E-state index contributed by atoms with van der Waals surface area (Å²) in [5, 5.41) is 7.26. The minimum Gasteiger partial charge on any atom is -0.384 e. The van der Waals surface area contributed by atoms with E-state index in [9.17, 15) is 0 Å². The van der Waals surface area contributed by atoms with E-state index in [0.29, 0.717) is 6.04 Å². The highest BCUT2D eigenvalue weighted by molar-refractivity contribution is 5.95. The Morgan fingerprint density at radius 3 is 2.14 bits per heavy atom. The maximum atomic E-state index is 7.26. The lowest BCUT2D eigenvalue weighted by atomic mass is 10.1. The van der Waals surface area contributed by atoms with Crippen LogP contribution in [-0.4, -0.2) is 18.9 Å². The molecule has 0 unspecified atom stereocenters. The third kappa shape index (κ3) is 2.25. The van der Waals surface area contributed by atoms with Crippen LogP contribution in [0.15, 0.2) is 24.3 Å². The van der Waals surface area contributed by atoms with Gasteiger partial charge in [0.15, 0.2) is 0 Å². The van der Waals surface area contributed by atoms with Crippen LogP contribution in [0.1, 0.15) is 19.4 Å². The molecule has 76 valence electrons. The van der Waals surface area contributed by atoms with E-state index in [4.69, 9.17) is 11.1 Å². The topological polar surface area (TPSA) is 53.1 Å². The molecule has 0 radical (unpaired) electrons. The first-order valence-electron chi connectivity index (χ1n) is 4.69. The smallest absolute Gasteiger partial charge is 0.122 e. The minimum absolute atomic E-state index is 0.115. The number of nitrogens with one attached hydrogen (secondary N) is 1. The van der Waals surface area contributed by atoms with Gasteiger partial charge in [-0.1, -0.05) is 0 Å². The van der Waals surface area contributed by atoms with Gasteiger partial charge in [0.2, 0.25) is 0 Å². The molecule has 0 saturated heterocycles. The van der Waals surface area contributed by atoms with Crippen LogP contribution in [0.4, 0.5) is 5.69 Å². The Bertz CT molecular complexity index is 314. The van der Waals surface area contributed by atoms with Crippen LogP contribution >= 0.6 is 0 Å². The molecule has 0 heterocycles. The zero-order chi connectivity index (χ0) is 10.7. The molecule has 0 fully saturated rings.